The maximum atomic E-state index is 13.2. The Morgan fingerprint density at radius 3 is 2.10 bits per heavy atom. The Hall–Kier alpha value is -2.98. The lowest BCUT2D eigenvalue weighted by molar-refractivity contribution is 0.592. The van der Waals surface area contributed by atoms with E-state index in [1.807, 2.05) is 0 Å². The average Bonchev–Trinajstić information content (AvgIpc) is 2.68. The predicted octanol–water partition coefficient (Wildman–Crippen LogP) is 3.46. The molecule has 0 aliphatic heterocycles. The van der Waals surface area contributed by atoms with E-state index in [9.17, 15) is 21.2 Å². The van der Waals surface area contributed by atoms with Crippen LogP contribution in [0.25, 0.3) is 0 Å². The van der Waals surface area contributed by atoms with Crippen LogP contribution >= 0.6 is 0 Å². The van der Waals surface area contributed by atoms with Gasteiger partial charge in [0, 0.05) is 19.4 Å². The fraction of sp³-hybridized carbons (Fsp3) is 0.150. The second-order valence-corrected chi connectivity index (χ2v) is 10.3. The van der Waals surface area contributed by atoms with Crippen LogP contribution in [0.2, 0.25) is 0 Å². The van der Waals surface area contributed by atoms with E-state index in [1.165, 1.54) is 37.6 Å². The number of benzene rings is 2. The number of nitrogens with one attached hydrogen (secondary N) is 1. The summed E-state index contributed by atoms with van der Waals surface area (Å²) in [5.41, 5.74) is 1.56. The minimum atomic E-state index is -4.02. The van der Waals surface area contributed by atoms with Crippen LogP contribution in [0.4, 0.5) is 15.8 Å². The van der Waals surface area contributed by atoms with Gasteiger partial charge in [0.2, 0.25) is 0 Å². The van der Waals surface area contributed by atoms with Crippen LogP contribution in [-0.4, -0.2) is 28.9 Å². The average molecular weight is 450 g/mol. The molecule has 0 fully saturated rings. The Morgan fingerprint density at radius 1 is 0.900 bits per heavy atom. The number of aromatic nitrogens is 1. The summed E-state index contributed by atoms with van der Waals surface area (Å²) in [5, 5.41) is 0. The van der Waals surface area contributed by atoms with E-state index >= 15 is 0 Å². The zero-order valence-electron chi connectivity index (χ0n) is 16.5. The molecule has 7 nitrogen and oxygen atoms in total. The lowest BCUT2D eigenvalue weighted by atomic mass is 10.1. The van der Waals surface area contributed by atoms with Gasteiger partial charge in [-0.2, -0.15) is 0 Å². The lowest BCUT2D eigenvalue weighted by Crippen LogP contribution is -2.28. The molecule has 3 rings (SSSR count). The molecule has 0 amide bonds. The van der Waals surface area contributed by atoms with Gasteiger partial charge < -0.3 is 0 Å². The summed E-state index contributed by atoms with van der Waals surface area (Å²) in [6.45, 7) is 3.32. The highest BCUT2D eigenvalue weighted by molar-refractivity contribution is 7.93. The lowest BCUT2D eigenvalue weighted by Gasteiger charge is -2.23. The highest BCUT2D eigenvalue weighted by Gasteiger charge is 2.26. The van der Waals surface area contributed by atoms with Crippen molar-refractivity contribution in [3.8, 4) is 0 Å². The number of aryl methyl sites for hydroxylation is 2. The largest absolute Gasteiger partial charge is 0.280 e. The second kappa shape index (κ2) is 8.04. The summed E-state index contributed by atoms with van der Waals surface area (Å²) in [7, 11) is -6.68. The number of halogens is 1. The van der Waals surface area contributed by atoms with Gasteiger partial charge in [-0.3, -0.25) is 14.0 Å². The fourth-order valence-corrected chi connectivity index (χ4v) is 5.53. The van der Waals surface area contributed by atoms with Gasteiger partial charge in [0.1, 0.15) is 5.82 Å². The minimum Gasteiger partial charge on any atom is -0.280 e. The Morgan fingerprint density at radius 2 is 1.50 bits per heavy atom. The van der Waals surface area contributed by atoms with E-state index in [-0.39, 0.29) is 15.5 Å². The van der Waals surface area contributed by atoms with Crippen LogP contribution in [0.15, 0.2) is 70.7 Å². The van der Waals surface area contributed by atoms with Crippen molar-refractivity contribution in [3.63, 3.8) is 0 Å². The topological polar surface area (TPSA) is 96.4 Å². The summed E-state index contributed by atoms with van der Waals surface area (Å²) in [6, 6.07) is 10.4. The zero-order chi connectivity index (χ0) is 22.1. The van der Waals surface area contributed by atoms with E-state index in [4.69, 9.17) is 0 Å². The molecule has 0 aliphatic rings. The van der Waals surface area contributed by atoms with Gasteiger partial charge in [0.25, 0.3) is 20.0 Å². The number of nitrogens with zero attached hydrogens (tertiary/aromatic N) is 2. The first-order valence-corrected chi connectivity index (χ1v) is 11.7. The van der Waals surface area contributed by atoms with Gasteiger partial charge in [-0.25, -0.2) is 21.2 Å². The minimum absolute atomic E-state index is 0.0546. The van der Waals surface area contributed by atoms with Crippen LogP contribution in [0.1, 0.15) is 11.1 Å². The molecular formula is C20H20FN3O4S2. The van der Waals surface area contributed by atoms with Crippen LogP contribution in [0.3, 0.4) is 0 Å². The molecule has 30 heavy (non-hydrogen) atoms. The van der Waals surface area contributed by atoms with E-state index in [2.05, 4.69) is 9.71 Å². The van der Waals surface area contributed by atoms with Gasteiger partial charge in [0.05, 0.1) is 21.2 Å². The number of pyridine rings is 1. The van der Waals surface area contributed by atoms with Crippen molar-refractivity contribution in [3.05, 3.63) is 77.9 Å². The van der Waals surface area contributed by atoms with Crippen molar-refractivity contribution < 1.29 is 21.2 Å². The molecule has 0 aliphatic carbocycles. The third-order valence-corrected chi connectivity index (χ3v) is 7.84. The van der Waals surface area contributed by atoms with Gasteiger partial charge in [-0.15, -0.1) is 0 Å². The Labute approximate surface area is 175 Å². The van der Waals surface area contributed by atoms with Crippen molar-refractivity contribution in [1.29, 1.82) is 0 Å². The second-order valence-electron chi connectivity index (χ2n) is 6.67. The third kappa shape index (κ3) is 4.29. The highest BCUT2D eigenvalue weighted by atomic mass is 32.2. The highest BCUT2D eigenvalue weighted by Crippen LogP contribution is 2.31. The molecule has 158 valence electrons. The first-order chi connectivity index (χ1) is 14.0. The number of anilines is 2. The smallest absolute Gasteiger partial charge is 0.264 e. The number of sulfonamides is 2. The summed E-state index contributed by atoms with van der Waals surface area (Å²) < 4.78 is 68.4. The number of hydrogen-bond donors (Lipinski definition) is 1. The first-order valence-electron chi connectivity index (χ1n) is 8.81. The van der Waals surface area contributed by atoms with Gasteiger partial charge in [0.15, 0.2) is 0 Å². The van der Waals surface area contributed by atoms with Crippen LogP contribution < -0.4 is 9.03 Å². The van der Waals surface area contributed by atoms with Crippen molar-refractivity contribution in [1.82, 2.24) is 4.98 Å². The van der Waals surface area contributed by atoms with Crippen LogP contribution in [0, 0.1) is 19.7 Å². The van der Waals surface area contributed by atoms with Gasteiger partial charge >= 0.3 is 0 Å². The predicted molar refractivity (Wildman–Crippen MR) is 113 cm³/mol. The molecule has 0 atom stereocenters. The molecule has 0 unspecified atom stereocenters. The maximum Gasteiger partial charge on any atom is 0.264 e. The molecule has 1 aromatic heterocycles. The molecule has 0 bridgehead atoms. The Balaban J connectivity index is 2.05. The summed E-state index contributed by atoms with van der Waals surface area (Å²) >= 11 is 0. The van der Waals surface area contributed by atoms with Crippen LogP contribution in [-0.2, 0) is 20.0 Å². The molecule has 1 heterocycles. The van der Waals surface area contributed by atoms with E-state index in [0.29, 0.717) is 16.8 Å². The normalized spacial score (nSPS) is 11.9. The fourth-order valence-electron chi connectivity index (χ4n) is 2.97. The summed E-state index contributed by atoms with van der Waals surface area (Å²) in [5.74, 6) is -0.557. The molecule has 0 saturated carbocycles. The Kier molecular flexibility index (Phi) is 5.82. The van der Waals surface area contributed by atoms with E-state index < -0.39 is 25.9 Å². The van der Waals surface area contributed by atoms with Crippen LogP contribution in [0.5, 0.6) is 0 Å². The van der Waals surface area contributed by atoms with Crippen molar-refractivity contribution in [2.45, 2.75) is 23.6 Å². The summed E-state index contributed by atoms with van der Waals surface area (Å²) in [4.78, 5) is 3.68. The monoisotopic (exact) mass is 449 g/mol. The molecule has 10 heteroatoms. The van der Waals surface area contributed by atoms with Crippen molar-refractivity contribution in [2.75, 3.05) is 16.1 Å². The van der Waals surface area contributed by atoms with E-state index in [0.717, 1.165) is 28.6 Å². The standard InChI is InChI=1S/C20H20FN3O4S2/c1-14-12-15(2)20(29(25,26)23-17-8-10-22-11-9-17)13-19(14)24(3)30(27,28)18-6-4-16(21)5-7-18/h4-13H,1-3H3,(H,22,23). The number of rotatable bonds is 6. The molecule has 0 radical (unpaired) electrons. The zero-order valence-corrected chi connectivity index (χ0v) is 18.1. The molecular weight excluding hydrogens is 429 g/mol. The first kappa shape index (κ1) is 21.7. The summed E-state index contributed by atoms with van der Waals surface area (Å²) in [6.07, 6.45) is 2.91. The molecule has 1 N–H and O–H groups in total. The molecule has 3 aromatic rings. The van der Waals surface area contributed by atoms with Gasteiger partial charge in [-0.1, -0.05) is 6.07 Å². The quantitative estimate of drug-likeness (QED) is 0.622. The maximum absolute atomic E-state index is 13.2. The molecule has 2 aromatic carbocycles. The SMILES string of the molecule is Cc1cc(C)c(S(=O)(=O)Nc2ccncc2)cc1N(C)S(=O)(=O)c1ccc(F)cc1. The molecule has 0 spiro atoms. The Bertz CT molecular complexity index is 1280. The van der Waals surface area contributed by atoms with E-state index in [1.54, 1.807) is 19.9 Å². The third-order valence-electron chi connectivity index (χ3n) is 4.53. The van der Waals surface area contributed by atoms with Gasteiger partial charge in [-0.05, 0) is 67.4 Å². The van der Waals surface area contributed by atoms with Crippen molar-refractivity contribution >= 4 is 31.4 Å². The van der Waals surface area contributed by atoms with Crippen molar-refractivity contribution in [2.24, 2.45) is 0 Å². The molecule has 0 saturated heterocycles. The number of hydrogen-bond acceptors (Lipinski definition) is 5.